The van der Waals surface area contributed by atoms with Crippen LogP contribution < -0.4 is 0 Å². The lowest BCUT2D eigenvalue weighted by molar-refractivity contribution is -0.147. The summed E-state index contributed by atoms with van der Waals surface area (Å²) in [6, 6.07) is 0. The summed E-state index contributed by atoms with van der Waals surface area (Å²) < 4.78 is 13.6. The molecule has 4 nitrogen and oxygen atoms in total. The van der Waals surface area contributed by atoms with Crippen LogP contribution in [-0.4, -0.2) is 33.2 Å². The standard InChI is InChI=1S/C20H36BrFO4/c1-19(2,15(21)17(23)24)13-11-9-7-5-6-8-10-12-14-20(3,4)16(22)18(25)26/h15-16H,5-14H2,1-4H3,(H,23,24)(H,25,26)/t15-,16+/m0/s1. The first-order chi connectivity index (χ1) is 11.9. The zero-order valence-electron chi connectivity index (χ0n) is 16.7. The van der Waals surface area contributed by atoms with Crippen LogP contribution in [0.3, 0.4) is 0 Å². The first-order valence-corrected chi connectivity index (χ1v) is 10.6. The van der Waals surface area contributed by atoms with Gasteiger partial charge in [0.1, 0.15) is 4.83 Å². The molecule has 0 saturated heterocycles. The SMILES string of the molecule is CC(C)(CCCCCCCCCCC(C)(C)[C@@H](Br)C(=O)O)[C@H](F)C(=O)O. The van der Waals surface area contributed by atoms with E-state index in [1.165, 1.54) is 0 Å². The summed E-state index contributed by atoms with van der Waals surface area (Å²) in [4.78, 5) is 21.3. The second kappa shape index (κ2) is 11.9. The minimum absolute atomic E-state index is 0.247. The fourth-order valence-corrected chi connectivity index (χ4v) is 3.37. The van der Waals surface area contributed by atoms with Crippen molar-refractivity contribution in [3.05, 3.63) is 0 Å². The van der Waals surface area contributed by atoms with E-state index in [1.807, 2.05) is 13.8 Å². The van der Waals surface area contributed by atoms with Crippen LogP contribution in [0.5, 0.6) is 0 Å². The monoisotopic (exact) mass is 438 g/mol. The number of rotatable bonds is 15. The molecule has 0 aliphatic heterocycles. The molecule has 0 saturated carbocycles. The maximum Gasteiger partial charge on any atom is 0.338 e. The maximum absolute atomic E-state index is 13.6. The molecule has 0 aliphatic rings. The number of alkyl halides is 2. The minimum Gasteiger partial charge on any atom is -0.480 e. The van der Waals surface area contributed by atoms with Gasteiger partial charge in [0, 0.05) is 5.41 Å². The molecule has 0 heterocycles. The molecule has 2 N–H and O–H groups in total. The van der Waals surface area contributed by atoms with Crippen LogP contribution >= 0.6 is 15.9 Å². The molecule has 0 unspecified atom stereocenters. The van der Waals surface area contributed by atoms with Gasteiger partial charge in [0.2, 0.25) is 6.17 Å². The Morgan fingerprint density at radius 3 is 1.46 bits per heavy atom. The van der Waals surface area contributed by atoms with Gasteiger partial charge in [-0.1, -0.05) is 95.0 Å². The highest BCUT2D eigenvalue weighted by molar-refractivity contribution is 9.10. The van der Waals surface area contributed by atoms with Crippen molar-refractivity contribution in [2.45, 2.75) is 103 Å². The highest BCUT2D eigenvalue weighted by Gasteiger charge is 2.34. The molecule has 154 valence electrons. The van der Waals surface area contributed by atoms with Gasteiger partial charge in [-0.15, -0.1) is 0 Å². The Morgan fingerprint density at radius 1 is 0.769 bits per heavy atom. The Labute approximate surface area is 166 Å². The van der Waals surface area contributed by atoms with Gasteiger partial charge in [0.15, 0.2) is 0 Å². The summed E-state index contributed by atoms with van der Waals surface area (Å²) >= 11 is 3.26. The normalized spacial score (nSPS) is 14.8. The number of carboxylic acids is 2. The van der Waals surface area contributed by atoms with E-state index in [1.54, 1.807) is 13.8 Å². The van der Waals surface area contributed by atoms with Gasteiger partial charge in [-0.3, -0.25) is 4.79 Å². The van der Waals surface area contributed by atoms with Crippen LogP contribution in [0.4, 0.5) is 4.39 Å². The van der Waals surface area contributed by atoms with Gasteiger partial charge in [0.25, 0.3) is 0 Å². The summed E-state index contributed by atoms with van der Waals surface area (Å²) in [5.41, 5.74) is -1.05. The van der Waals surface area contributed by atoms with E-state index in [2.05, 4.69) is 15.9 Å². The van der Waals surface area contributed by atoms with Crippen molar-refractivity contribution in [3.63, 3.8) is 0 Å². The largest absolute Gasteiger partial charge is 0.480 e. The number of halogens is 2. The number of carbonyl (C=O) groups is 2. The molecule has 0 aliphatic carbocycles. The average molecular weight is 439 g/mol. The van der Waals surface area contributed by atoms with E-state index >= 15 is 0 Å². The lowest BCUT2D eigenvalue weighted by Gasteiger charge is -2.27. The molecular formula is C20H36BrFO4. The lowest BCUT2D eigenvalue weighted by atomic mass is 9.82. The van der Waals surface area contributed by atoms with Gasteiger partial charge in [0.05, 0.1) is 0 Å². The highest BCUT2D eigenvalue weighted by Crippen LogP contribution is 2.33. The molecule has 0 rings (SSSR count). The van der Waals surface area contributed by atoms with Crippen molar-refractivity contribution >= 4 is 27.9 Å². The van der Waals surface area contributed by atoms with Crippen molar-refractivity contribution < 1.29 is 24.2 Å². The third-order valence-electron chi connectivity index (χ3n) is 5.20. The van der Waals surface area contributed by atoms with Gasteiger partial charge in [-0.25, -0.2) is 9.18 Å². The minimum atomic E-state index is -1.80. The molecule has 6 heteroatoms. The smallest absolute Gasteiger partial charge is 0.338 e. The summed E-state index contributed by atoms with van der Waals surface area (Å²) in [5.74, 6) is -2.17. The van der Waals surface area contributed by atoms with Crippen LogP contribution in [-0.2, 0) is 9.59 Å². The molecule has 0 aromatic heterocycles. The third kappa shape index (κ3) is 9.89. The highest BCUT2D eigenvalue weighted by atomic mass is 79.9. The Morgan fingerprint density at radius 2 is 1.12 bits per heavy atom. The third-order valence-corrected chi connectivity index (χ3v) is 6.83. The number of hydrogen-bond donors (Lipinski definition) is 2. The molecular weight excluding hydrogens is 403 g/mol. The topological polar surface area (TPSA) is 74.6 Å². The zero-order valence-corrected chi connectivity index (χ0v) is 18.3. The second-order valence-corrected chi connectivity index (χ2v) is 9.62. The van der Waals surface area contributed by atoms with E-state index in [0.717, 1.165) is 57.8 Å². The van der Waals surface area contributed by atoms with E-state index in [-0.39, 0.29) is 5.41 Å². The predicted octanol–water partition coefficient (Wildman–Crippen LogP) is 6.21. The molecule has 0 aromatic rings. The van der Waals surface area contributed by atoms with E-state index in [4.69, 9.17) is 10.2 Å². The van der Waals surface area contributed by atoms with Crippen LogP contribution in [0, 0.1) is 10.8 Å². The van der Waals surface area contributed by atoms with E-state index in [0.29, 0.717) is 6.42 Å². The predicted molar refractivity (Wildman–Crippen MR) is 107 cm³/mol. The Kier molecular flexibility index (Phi) is 11.6. The van der Waals surface area contributed by atoms with Gasteiger partial charge >= 0.3 is 11.9 Å². The fourth-order valence-electron chi connectivity index (χ4n) is 3.14. The first-order valence-electron chi connectivity index (χ1n) is 9.65. The first kappa shape index (κ1) is 25.4. The van der Waals surface area contributed by atoms with Crippen LogP contribution in [0.1, 0.15) is 91.9 Å². The number of aliphatic carboxylic acids is 2. The summed E-state index contributed by atoms with van der Waals surface area (Å²) in [6.45, 7) is 7.31. The molecule has 26 heavy (non-hydrogen) atoms. The van der Waals surface area contributed by atoms with Crippen molar-refractivity contribution in [1.82, 2.24) is 0 Å². The molecule has 0 amide bonds. The Hall–Kier alpha value is -0.650. The molecule has 0 aromatic carbocycles. The Balaban J connectivity index is 3.69. The van der Waals surface area contributed by atoms with Crippen molar-refractivity contribution in [2.24, 2.45) is 10.8 Å². The summed E-state index contributed by atoms with van der Waals surface area (Å²) in [5, 5.41) is 17.8. The average Bonchev–Trinajstić information content (AvgIpc) is 2.54. The van der Waals surface area contributed by atoms with Gasteiger partial charge in [-0.05, 0) is 18.3 Å². The maximum atomic E-state index is 13.6. The summed E-state index contributed by atoms with van der Waals surface area (Å²) in [7, 11) is 0. The lowest BCUT2D eigenvalue weighted by Crippen LogP contribution is -2.32. The number of carboxylic acid groups (broad SMARTS) is 2. The van der Waals surface area contributed by atoms with E-state index < -0.39 is 28.4 Å². The van der Waals surface area contributed by atoms with Gasteiger partial charge < -0.3 is 10.2 Å². The number of hydrogen-bond acceptors (Lipinski definition) is 2. The molecule has 2 atom stereocenters. The van der Waals surface area contributed by atoms with Crippen molar-refractivity contribution in [1.29, 1.82) is 0 Å². The molecule has 0 radical (unpaired) electrons. The quantitative estimate of drug-likeness (QED) is 0.235. The summed E-state index contributed by atoms with van der Waals surface area (Å²) in [6.07, 6.45) is 8.21. The second-order valence-electron chi connectivity index (χ2n) is 8.71. The van der Waals surface area contributed by atoms with Crippen LogP contribution in [0.15, 0.2) is 0 Å². The zero-order chi connectivity index (χ0) is 20.4. The molecule has 0 bridgehead atoms. The molecule has 0 spiro atoms. The fraction of sp³-hybridized carbons (Fsp3) is 0.900. The van der Waals surface area contributed by atoms with Crippen molar-refractivity contribution in [3.8, 4) is 0 Å². The van der Waals surface area contributed by atoms with Gasteiger partial charge in [-0.2, -0.15) is 0 Å². The molecule has 0 fully saturated rings. The Bertz CT molecular complexity index is 398. The van der Waals surface area contributed by atoms with Crippen molar-refractivity contribution in [2.75, 3.05) is 0 Å². The van der Waals surface area contributed by atoms with E-state index in [9.17, 15) is 14.0 Å². The van der Waals surface area contributed by atoms with Crippen LogP contribution in [0.25, 0.3) is 0 Å². The number of unbranched alkanes of at least 4 members (excludes halogenated alkanes) is 7. The van der Waals surface area contributed by atoms with Crippen LogP contribution in [0.2, 0.25) is 0 Å².